The number of hydrogen-bond donors (Lipinski definition) is 1. The summed E-state index contributed by atoms with van der Waals surface area (Å²) in [6.07, 6.45) is 0.943. The molecule has 6 heteroatoms. The molecule has 0 saturated heterocycles. The van der Waals surface area contributed by atoms with E-state index >= 15 is 0 Å². The molecular formula is C18H20N2O4. The molecule has 6 nitrogen and oxygen atoms in total. The number of ether oxygens (including phenoxy) is 1. The zero-order valence-electron chi connectivity index (χ0n) is 13.9. The maximum atomic E-state index is 12.4. The molecule has 0 saturated carbocycles. The molecule has 0 aliphatic carbocycles. The van der Waals surface area contributed by atoms with Gasteiger partial charge in [0.25, 0.3) is 11.6 Å². The number of benzene rings is 2. The summed E-state index contributed by atoms with van der Waals surface area (Å²) in [5, 5.41) is 13.5. The number of nitro groups is 1. The number of rotatable bonds is 6. The number of carbonyl (C=O) groups excluding carboxylic acids is 1. The topological polar surface area (TPSA) is 81.5 Å². The van der Waals surface area contributed by atoms with Crippen LogP contribution in [0.15, 0.2) is 42.5 Å². The van der Waals surface area contributed by atoms with Gasteiger partial charge in [0.05, 0.1) is 11.0 Å². The quantitative estimate of drug-likeness (QED) is 0.632. The van der Waals surface area contributed by atoms with Crippen LogP contribution in [0.2, 0.25) is 0 Å². The number of nitro benzene ring substituents is 1. The Bertz CT molecular complexity index is 758. The van der Waals surface area contributed by atoms with Gasteiger partial charge in [-0.3, -0.25) is 14.9 Å². The third kappa shape index (κ3) is 4.32. The third-order valence-electron chi connectivity index (χ3n) is 3.68. The van der Waals surface area contributed by atoms with E-state index < -0.39 is 4.92 Å². The first kappa shape index (κ1) is 17.5. The summed E-state index contributed by atoms with van der Waals surface area (Å²) in [6, 6.07) is 11.3. The molecule has 126 valence electrons. The van der Waals surface area contributed by atoms with E-state index in [1.165, 1.54) is 18.2 Å². The fourth-order valence-electron chi connectivity index (χ4n) is 2.12. The average Bonchev–Trinajstić information content (AvgIpc) is 2.56. The van der Waals surface area contributed by atoms with E-state index in [1.807, 2.05) is 13.8 Å². The summed E-state index contributed by atoms with van der Waals surface area (Å²) < 4.78 is 5.72. The molecule has 1 atom stereocenters. The van der Waals surface area contributed by atoms with Gasteiger partial charge in [-0.2, -0.15) is 0 Å². The Hall–Kier alpha value is -2.89. The van der Waals surface area contributed by atoms with Crippen molar-refractivity contribution in [2.24, 2.45) is 0 Å². The van der Waals surface area contributed by atoms with Crippen molar-refractivity contribution < 1.29 is 14.5 Å². The van der Waals surface area contributed by atoms with Crippen LogP contribution < -0.4 is 10.1 Å². The second-order valence-electron chi connectivity index (χ2n) is 5.58. The Kier molecular flexibility index (Phi) is 5.52. The Morgan fingerprint density at radius 3 is 2.67 bits per heavy atom. The van der Waals surface area contributed by atoms with Crippen molar-refractivity contribution in [1.82, 2.24) is 0 Å². The third-order valence-corrected chi connectivity index (χ3v) is 3.68. The number of hydrogen-bond acceptors (Lipinski definition) is 4. The first-order valence-corrected chi connectivity index (χ1v) is 7.73. The number of carbonyl (C=O) groups is 1. The zero-order chi connectivity index (χ0) is 17.7. The summed E-state index contributed by atoms with van der Waals surface area (Å²) in [4.78, 5) is 22.7. The number of nitrogens with zero attached hydrogens (tertiary/aromatic N) is 1. The van der Waals surface area contributed by atoms with E-state index in [0.717, 1.165) is 6.42 Å². The minimum Gasteiger partial charge on any atom is -0.491 e. The maximum absolute atomic E-state index is 12.4. The molecule has 0 aliphatic rings. The van der Waals surface area contributed by atoms with Crippen molar-refractivity contribution in [3.8, 4) is 5.75 Å². The minimum absolute atomic E-state index is 0.00514. The van der Waals surface area contributed by atoms with Gasteiger partial charge in [0, 0.05) is 23.4 Å². The first-order chi connectivity index (χ1) is 11.4. The predicted octanol–water partition coefficient (Wildman–Crippen LogP) is 4.33. The highest BCUT2D eigenvalue weighted by molar-refractivity contribution is 6.04. The number of nitrogens with one attached hydrogen (secondary N) is 1. The molecule has 0 aromatic heterocycles. The van der Waals surface area contributed by atoms with Crippen molar-refractivity contribution in [1.29, 1.82) is 0 Å². The molecule has 2 rings (SSSR count). The highest BCUT2D eigenvalue weighted by Crippen LogP contribution is 2.22. The molecule has 1 unspecified atom stereocenters. The molecular weight excluding hydrogens is 308 g/mol. The van der Waals surface area contributed by atoms with Crippen LogP contribution in [0.25, 0.3) is 0 Å². The molecule has 1 N–H and O–H groups in total. The predicted molar refractivity (Wildman–Crippen MR) is 92.6 cm³/mol. The molecule has 0 aliphatic heterocycles. The van der Waals surface area contributed by atoms with Gasteiger partial charge in [-0.05, 0) is 50.1 Å². The highest BCUT2D eigenvalue weighted by atomic mass is 16.6. The first-order valence-electron chi connectivity index (χ1n) is 7.73. The number of non-ortho nitro benzene ring substituents is 1. The van der Waals surface area contributed by atoms with Gasteiger partial charge in [-0.25, -0.2) is 0 Å². The molecule has 0 fully saturated rings. The molecule has 2 aromatic carbocycles. The van der Waals surface area contributed by atoms with Gasteiger partial charge in [0.15, 0.2) is 0 Å². The monoisotopic (exact) mass is 328 g/mol. The largest absolute Gasteiger partial charge is 0.491 e. The van der Waals surface area contributed by atoms with E-state index in [4.69, 9.17) is 4.74 Å². The van der Waals surface area contributed by atoms with Gasteiger partial charge < -0.3 is 10.1 Å². The second-order valence-corrected chi connectivity index (χ2v) is 5.58. The smallest absolute Gasteiger partial charge is 0.269 e. The van der Waals surface area contributed by atoms with Gasteiger partial charge in [0.1, 0.15) is 5.75 Å². The lowest BCUT2D eigenvalue weighted by molar-refractivity contribution is -0.384. The van der Waals surface area contributed by atoms with Gasteiger partial charge in [-0.1, -0.05) is 13.0 Å². The van der Waals surface area contributed by atoms with Crippen LogP contribution in [-0.2, 0) is 0 Å². The Labute approximate surface area is 140 Å². The SMILES string of the molecule is CCC(C)Oc1cccc(C(=O)Nc2ccc([N+](=O)[O-])cc2C)c1. The van der Waals surface area contributed by atoms with E-state index in [9.17, 15) is 14.9 Å². The molecule has 0 radical (unpaired) electrons. The van der Waals surface area contributed by atoms with Crippen molar-refractivity contribution in [2.75, 3.05) is 5.32 Å². The van der Waals surface area contributed by atoms with Gasteiger partial charge in [0.2, 0.25) is 0 Å². The summed E-state index contributed by atoms with van der Waals surface area (Å²) >= 11 is 0. The van der Waals surface area contributed by atoms with Crippen molar-refractivity contribution >= 4 is 17.3 Å². The fourth-order valence-corrected chi connectivity index (χ4v) is 2.12. The lowest BCUT2D eigenvalue weighted by atomic mass is 10.1. The van der Waals surface area contributed by atoms with Gasteiger partial charge in [-0.15, -0.1) is 0 Å². The van der Waals surface area contributed by atoms with Crippen LogP contribution in [0.1, 0.15) is 36.2 Å². The molecule has 0 spiro atoms. The summed E-state index contributed by atoms with van der Waals surface area (Å²) in [6.45, 7) is 5.71. The van der Waals surface area contributed by atoms with E-state index in [2.05, 4.69) is 5.32 Å². The normalized spacial score (nSPS) is 11.6. The molecule has 0 bridgehead atoms. The van der Waals surface area contributed by atoms with Crippen LogP contribution >= 0.6 is 0 Å². The lowest BCUT2D eigenvalue weighted by Crippen LogP contribution is -2.14. The summed E-state index contributed by atoms with van der Waals surface area (Å²) in [7, 11) is 0. The van der Waals surface area contributed by atoms with E-state index in [1.54, 1.807) is 31.2 Å². The van der Waals surface area contributed by atoms with Crippen LogP contribution in [0.5, 0.6) is 5.75 Å². The number of anilines is 1. The average molecular weight is 328 g/mol. The standard InChI is InChI=1S/C18H20N2O4/c1-4-13(3)24-16-7-5-6-14(11-16)18(21)19-17-9-8-15(20(22)23)10-12(17)2/h5-11,13H,4H2,1-3H3,(H,19,21). The van der Waals surface area contributed by atoms with Crippen LogP contribution in [0.4, 0.5) is 11.4 Å². The number of aryl methyl sites for hydroxylation is 1. The Balaban J connectivity index is 2.15. The van der Waals surface area contributed by atoms with Crippen molar-refractivity contribution in [3.63, 3.8) is 0 Å². The zero-order valence-corrected chi connectivity index (χ0v) is 13.9. The fraction of sp³-hybridized carbons (Fsp3) is 0.278. The Morgan fingerprint density at radius 1 is 1.29 bits per heavy atom. The van der Waals surface area contributed by atoms with Crippen molar-refractivity contribution in [2.45, 2.75) is 33.3 Å². The molecule has 24 heavy (non-hydrogen) atoms. The van der Waals surface area contributed by atoms with E-state index in [0.29, 0.717) is 22.6 Å². The number of amides is 1. The Morgan fingerprint density at radius 2 is 2.04 bits per heavy atom. The maximum Gasteiger partial charge on any atom is 0.269 e. The minimum atomic E-state index is -0.464. The highest BCUT2D eigenvalue weighted by Gasteiger charge is 2.12. The van der Waals surface area contributed by atoms with Gasteiger partial charge >= 0.3 is 0 Å². The van der Waals surface area contributed by atoms with Crippen molar-refractivity contribution in [3.05, 3.63) is 63.7 Å². The van der Waals surface area contributed by atoms with Crippen LogP contribution in [-0.4, -0.2) is 16.9 Å². The van der Waals surface area contributed by atoms with Crippen LogP contribution in [0, 0.1) is 17.0 Å². The molecule has 0 heterocycles. The second kappa shape index (κ2) is 7.59. The molecule has 2 aromatic rings. The molecule has 1 amide bonds. The summed E-state index contributed by atoms with van der Waals surface area (Å²) in [5.41, 5.74) is 1.63. The lowest BCUT2D eigenvalue weighted by Gasteiger charge is -2.13. The summed E-state index contributed by atoms with van der Waals surface area (Å²) in [5.74, 6) is 0.346. The van der Waals surface area contributed by atoms with Crippen LogP contribution in [0.3, 0.4) is 0 Å². The van der Waals surface area contributed by atoms with E-state index in [-0.39, 0.29) is 17.7 Å².